The molecule has 4 saturated carbocycles. The van der Waals surface area contributed by atoms with Crippen LogP contribution in [-0.4, -0.2) is 63.0 Å². The van der Waals surface area contributed by atoms with E-state index in [0.29, 0.717) is 38.5 Å². The van der Waals surface area contributed by atoms with Crippen molar-refractivity contribution in [1.82, 2.24) is 5.32 Å². The quantitative estimate of drug-likeness (QED) is 0.254. The lowest BCUT2D eigenvalue weighted by Gasteiger charge is -2.66. The smallest absolute Gasteiger partial charge is 0.303 e. The molecule has 0 heterocycles. The van der Waals surface area contributed by atoms with E-state index in [9.17, 15) is 30.3 Å². The summed E-state index contributed by atoms with van der Waals surface area (Å²) >= 11 is 0. The summed E-state index contributed by atoms with van der Waals surface area (Å²) in [6.07, 6.45) is 4.68. The van der Waals surface area contributed by atoms with Crippen LogP contribution < -0.4 is 11.1 Å². The highest BCUT2D eigenvalue weighted by Crippen LogP contribution is 2.68. The van der Waals surface area contributed by atoms with Crippen LogP contribution in [0.4, 0.5) is 0 Å². The predicted molar refractivity (Wildman–Crippen MR) is 140 cm³/mol. The molecule has 0 aromatic carbocycles. The molecule has 5 unspecified atom stereocenters. The van der Waals surface area contributed by atoms with Crippen molar-refractivity contribution in [2.45, 2.75) is 122 Å². The molecule has 13 atom stereocenters. The van der Waals surface area contributed by atoms with Crippen LogP contribution >= 0.6 is 0 Å². The average Bonchev–Trinajstić information content (AvgIpc) is 3.18. The second-order valence-electron chi connectivity index (χ2n) is 13.7. The molecule has 0 amide bonds. The Kier molecular flexibility index (Phi) is 8.42. The summed E-state index contributed by atoms with van der Waals surface area (Å²) in [5.41, 5.74) is 4.82. The number of fused-ring (bicyclic) bond motifs is 5. The summed E-state index contributed by atoms with van der Waals surface area (Å²) < 4.78 is 0. The van der Waals surface area contributed by atoms with Crippen molar-refractivity contribution >= 4 is 5.97 Å². The van der Waals surface area contributed by atoms with Crippen LogP contribution in [0.3, 0.4) is 0 Å². The summed E-state index contributed by atoms with van der Waals surface area (Å²) in [5.74, 6) is -0.0877. The van der Waals surface area contributed by atoms with Gasteiger partial charge in [-0.1, -0.05) is 34.1 Å². The third-order valence-corrected chi connectivity index (χ3v) is 11.9. The first-order chi connectivity index (χ1) is 17.3. The van der Waals surface area contributed by atoms with Gasteiger partial charge in [-0.25, -0.2) is 5.11 Å². The lowest BCUT2D eigenvalue weighted by atomic mass is 9.42. The molecule has 0 aliphatic heterocycles. The number of nitrogens with one attached hydrogen (secondary N) is 1. The molecule has 4 aliphatic rings. The number of aliphatic hydroxyl groups is 3. The zero-order valence-corrected chi connectivity index (χ0v) is 23.2. The van der Waals surface area contributed by atoms with Gasteiger partial charge in [0.1, 0.15) is 6.61 Å². The average molecular weight is 524 g/mol. The fourth-order valence-electron chi connectivity index (χ4n) is 9.99. The monoisotopic (exact) mass is 523 g/mol. The minimum Gasteiger partial charge on any atom is -0.481 e. The largest absolute Gasteiger partial charge is 0.481 e. The van der Waals surface area contributed by atoms with Crippen molar-refractivity contribution in [3.8, 4) is 0 Å². The van der Waals surface area contributed by atoms with E-state index < -0.39 is 36.6 Å². The van der Waals surface area contributed by atoms with Crippen LogP contribution in [0.1, 0.15) is 91.9 Å². The van der Waals surface area contributed by atoms with Gasteiger partial charge in [-0.15, -0.1) is 0 Å². The van der Waals surface area contributed by atoms with E-state index in [0.717, 1.165) is 19.3 Å². The highest BCUT2D eigenvalue weighted by atomic mass is 16.4. The molecule has 0 aromatic rings. The molecule has 0 spiro atoms. The van der Waals surface area contributed by atoms with Crippen LogP contribution in [0.15, 0.2) is 0 Å². The van der Waals surface area contributed by atoms with E-state index in [1.807, 2.05) is 6.92 Å². The third-order valence-electron chi connectivity index (χ3n) is 11.9. The molecule has 7 N–H and O–H groups in total. The molecule has 1 radical (unpaired) electrons. The highest BCUT2D eigenvalue weighted by Gasteiger charge is 2.67. The predicted octanol–water partition coefficient (Wildman–Crippen LogP) is 2.90. The summed E-state index contributed by atoms with van der Waals surface area (Å²) in [7, 11) is 0. The zero-order valence-electron chi connectivity index (χ0n) is 23.2. The number of aliphatic hydroxyl groups excluding tert-OH is 3. The van der Waals surface area contributed by atoms with Crippen LogP contribution in [-0.2, 0) is 9.90 Å². The fraction of sp³-hybridized carbons (Fsp3) is 0.966. The van der Waals surface area contributed by atoms with Crippen molar-refractivity contribution in [2.24, 2.45) is 52.1 Å². The summed E-state index contributed by atoms with van der Waals surface area (Å²) in [6, 6.07) is -0.171. The molecular formula is C29H51N2O6. The molecule has 213 valence electrons. The summed E-state index contributed by atoms with van der Waals surface area (Å²) in [6.45, 7) is 8.12. The lowest BCUT2D eigenvalue weighted by Crippen LogP contribution is -2.71. The number of rotatable bonds is 9. The van der Waals surface area contributed by atoms with Gasteiger partial charge in [-0.3, -0.25) is 10.1 Å². The Labute approximate surface area is 222 Å². The van der Waals surface area contributed by atoms with E-state index in [-0.39, 0.29) is 58.8 Å². The van der Waals surface area contributed by atoms with Gasteiger partial charge in [0.05, 0.1) is 24.0 Å². The maximum absolute atomic E-state index is 12.2. The highest BCUT2D eigenvalue weighted by molar-refractivity contribution is 5.66. The number of carboxylic acid groups (broad SMARTS) is 1. The SMILES string of the molecule is CCCC(N)(C[O])NC1C[C@@H](O)C[C@H]2C[C@@H](O)C3C(C[C@H](O)[C@@]4(C)C3CC[C@@H]4[C@H](C)CCC(=O)O)[C@@]12C. The number of hydrogen-bond acceptors (Lipinski definition) is 6. The number of aliphatic carboxylic acids is 1. The Balaban J connectivity index is 1.66. The Hall–Kier alpha value is -0.770. The van der Waals surface area contributed by atoms with Gasteiger partial charge in [-0.05, 0) is 97.7 Å². The van der Waals surface area contributed by atoms with E-state index in [2.05, 4.69) is 26.1 Å². The van der Waals surface area contributed by atoms with Crippen molar-refractivity contribution in [3.63, 3.8) is 0 Å². The number of hydrogen-bond donors (Lipinski definition) is 6. The molecule has 8 nitrogen and oxygen atoms in total. The molecule has 4 aliphatic carbocycles. The molecule has 0 saturated heterocycles. The standard InChI is InChI=1S/C29H51N2O6/c1-5-10-29(30,15-32)31-23-13-18(33)11-17-12-22(34)26-20-8-7-19(16(2)6-9-25(36)37)28(20,4)24(35)14-21(26)27(17,23)3/h16-24,26,31,33-35H,5-15,30H2,1-4H3,(H,36,37)/t16-,17+,18+,19-,20?,21?,22-,23?,24+,26?,27+,28-,29?/m1/s1. The molecule has 4 rings (SSSR count). The maximum atomic E-state index is 12.2. The second kappa shape index (κ2) is 10.7. The second-order valence-corrected chi connectivity index (χ2v) is 13.7. The topological polar surface area (TPSA) is 156 Å². The van der Waals surface area contributed by atoms with Gasteiger partial charge >= 0.3 is 5.97 Å². The fourth-order valence-corrected chi connectivity index (χ4v) is 9.99. The number of carbonyl (C=O) groups is 1. The summed E-state index contributed by atoms with van der Waals surface area (Å²) in [5, 5.41) is 59.2. The van der Waals surface area contributed by atoms with Crippen LogP contribution in [0.2, 0.25) is 0 Å². The van der Waals surface area contributed by atoms with Gasteiger partial charge in [-0.2, -0.15) is 0 Å². The van der Waals surface area contributed by atoms with E-state index in [1.54, 1.807) is 0 Å². The number of nitrogens with two attached hydrogens (primary N) is 1. The Morgan fingerprint density at radius 1 is 1.08 bits per heavy atom. The first-order valence-electron chi connectivity index (χ1n) is 14.7. The first-order valence-corrected chi connectivity index (χ1v) is 14.7. The maximum Gasteiger partial charge on any atom is 0.303 e. The minimum absolute atomic E-state index is 0.0245. The van der Waals surface area contributed by atoms with Gasteiger partial charge in [0.2, 0.25) is 0 Å². The molecule has 8 heteroatoms. The summed E-state index contributed by atoms with van der Waals surface area (Å²) in [4.78, 5) is 11.2. The van der Waals surface area contributed by atoms with Gasteiger partial charge < -0.3 is 26.2 Å². The van der Waals surface area contributed by atoms with E-state index >= 15 is 0 Å². The van der Waals surface area contributed by atoms with Gasteiger partial charge in [0, 0.05) is 12.5 Å². The van der Waals surface area contributed by atoms with Crippen LogP contribution in [0.5, 0.6) is 0 Å². The molecule has 0 bridgehead atoms. The van der Waals surface area contributed by atoms with Crippen LogP contribution in [0, 0.1) is 46.3 Å². The van der Waals surface area contributed by atoms with Crippen molar-refractivity contribution < 1.29 is 30.3 Å². The van der Waals surface area contributed by atoms with Gasteiger partial charge in [0.25, 0.3) is 0 Å². The first kappa shape index (κ1) is 29.2. The number of carboxylic acids is 1. The Morgan fingerprint density at radius 2 is 1.78 bits per heavy atom. The van der Waals surface area contributed by atoms with Crippen LogP contribution in [0.25, 0.3) is 0 Å². The molecule has 4 fully saturated rings. The van der Waals surface area contributed by atoms with Crippen molar-refractivity contribution in [2.75, 3.05) is 6.61 Å². The molecule has 37 heavy (non-hydrogen) atoms. The van der Waals surface area contributed by atoms with Gasteiger partial charge in [0.15, 0.2) is 0 Å². The van der Waals surface area contributed by atoms with Crippen molar-refractivity contribution in [1.29, 1.82) is 0 Å². The third kappa shape index (κ3) is 4.89. The molecule has 0 aromatic heterocycles. The molecular weight excluding hydrogens is 472 g/mol. The zero-order chi connectivity index (χ0) is 27.3. The normalized spacial score (nSPS) is 47.9. The Morgan fingerprint density at radius 3 is 2.41 bits per heavy atom. The van der Waals surface area contributed by atoms with E-state index in [1.165, 1.54) is 0 Å². The van der Waals surface area contributed by atoms with Crippen molar-refractivity contribution in [3.05, 3.63) is 0 Å². The minimum atomic E-state index is -1.05. The Bertz CT molecular complexity index is 828. The van der Waals surface area contributed by atoms with E-state index in [4.69, 9.17) is 5.73 Å². The lowest BCUT2D eigenvalue weighted by molar-refractivity contribution is -0.216.